The van der Waals surface area contributed by atoms with E-state index in [-0.39, 0.29) is 4.47 Å². The van der Waals surface area contributed by atoms with E-state index in [9.17, 15) is 9.50 Å². The highest BCUT2D eigenvalue weighted by molar-refractivity contribution is 9.10. The molecule has 0 atom stereocenters. The fourth-order valence-electron chi connectivity index (χ4n) is 1.23. The number of hydrogen-bond acceptors (Lipinski definition) is 1. The predicted molar refractivity (Wildman–Crippen MR) is 52.2 cm³/mol. The topological polar surface area (TPSA) is 20.2 Å². The zero-order valence-corrected chi connectivity index (χ0v) is 8.99. The van der Waals surface area contributed by atoms with Crippen LogP contribution in [-0.4, -0.2) is 5.11 Å². The summed E-state index contributed by atoms with van der Waals surface area (Å²) in [5.74, 6) is -0.428. The third kappa shape index (κ3) is 1.60. The van der Waals surface area contributed by atoms with Crippen LogP contribution in [0.3, 0.4) is 0 Å². The second kappa shape index (κ2) is 2.94. The lowest BCUT2D eigenvalue weighted by atomic mass is 10.1. The number of aliphatic hydroxyl groups is 1. The molecule has 70 valence electrons. The lowest BCUT2D eigenvalue weighted by Gasteiger charge is -2.09. The van der Waals surface area contributed by atoms with Gasteiger partial charge in [0.2, 0.25) is 0 Å². The van der Waals surface area contributed by atoms with Crippen molar-refractivity contribution < 1.29 is 9.50 Å². The van der Waals surface area contributed by atoms with Crippen molar-refractivity contribution in [3.63, 3.8) is 0 Å². The summed E-state index contributed by atoms with van der Waals surface area (Å²) in [5, 5.41) is 10.0. The van der Waals surface area contributed by atoms with Crippen LogP contribution in [0.1, 0.15) is 18.4 Å². The fraction of sp³-hybridized carbons (Fsp3) is 0.333. The van der Waals surface area contributed by atoms with E-state index in [0.717, 1.165) is 0 Å². The minimum atomic E-state index is -0.828. The van der Waals surface area contributed by atoms with Gasteiger partial charge in [-0.15, -0.1) is 0 Å². The van der Waals surface area contributed by atoms with E-state index in [4.69, 9.17) is 11.6 Å². The summed E-state index contributed by atoms with van der Waals surface area (Å²) < 4.78 is 13.4. The number of benzene rings is 1. The quantitative estimate of drug-likeness (QED) is 0.773. The fourth-order valence-corrected chi connectivity index (χ4v) is 1.67. The first kappa shape index (κ1) is 9.44. The lowest BCUT2D eigenvalue weighted by molar-refractivity contribution is 0.151. The molecular formula is C9H7BrClFO. The summed E-state index contributed by atoms with van der Waals surface area (Å²) in [6.45, 7) is 0. The Hall–Kier alpha value is -0.120. The second-order valence-electron chi connectivity index (χ2n) is 3.29. The van der Waals surface area contributed by atoms with Crippen molar-refractivity contribution in [2.24, 2.45) is 0 Å². The Labute approximate surface area is 88.7 Å². The van der Waals surface area contributed by atoms with Crippen LogP contribution in [0, 0.1) is 5.82 Å². The van der Waals surface area contributed by atoms with Gasteiger partial charge in [0.25, 0.3) is 0 Å². The molecule has 1 aliphatic rings. The molecule has 0 bridgehead atoms. The van der Waals surface area contributed by atoms with Crippen molar-refractivity contribution >= 4 is 27.5 Å². The largest absolute Gasteiger partial charge is 0.385 e. The van der Waals surface area contributed by atoms with E-state index in [1.165, 1.54) is 6.07 Å². The molecule has 0 saturated heterocycles. The van der Waals surface area contributed by atoms with E-state index in [1.807, 2.05) is 0 Å². The summed E-state index contributed by atoms with van der Waals surface area (Å²) in [6.07, 6.45) is 1.37. The van der Waals surface area contributed by atoms with Gasteiger partial charge in [-0.2, -0.15) is 0 Å². The van der Waals surface area contributed by atoms with Crippen molar-refractivity contribution in [1.82, 2.24) is 0 Å². The molecule has 1 aromatic carbocycles. The molecule has 0 unspecified atom stereocenters. The first-order valence-corrected chi connectivity index (χ1v) is 5.07. The van der Waals surface area contributed by atoms with Crippen LogP contribution in [0.15, 0.2) is 16.6 Å². The van der Waals surface area contributed by atoms with E-state index in [2.05, 4.69) is 15.9 Å². The zero-order valence-electron chi connectivity index (χ0n) is 6.65. The molecule has 1 aromatic rings. The highest BCUT2D eigenvalue weighted by atomic mass is 79.9. The number of halogens is 3. The van der Waals surface area contributed by atoms with Gasteiger partial charge in [-0.3, -0.25) is 0 Å². The molecule has 1 fully saturated rings. The predicted octanol–water partition coefficient (Wildman–Crippen LogP) is 3.22. The van der Waals surface area contributed by atoms with Crippen LogP contribution < -0.4 is 0 Å². The minimum Gasteiger partial charge on any atom is -0.385 e. The second-order valence-corrected chi connectivity index (χ2v) is 4.49. The number of rotatable bonds is 1. The molecule has 4 heteroatoms. The summed E-state index contributed by atoms with van der Waals surface area (Å²) in [6, 6.07) is 2.92. The molecule has 2 rings (SSSR count). The Morgan fingerprint density at radius 3 is 2.54 bits per heavy atom. The maximum absolute atomic E-state index is 13.2. The Bertz CT molecular complexity index is 340. The summed E-state index contributed by atoms with van der Waals surface area (Å²) in [4.78, 5) is 0. The molecule has 0 heterocycles. The van der Waals surface area contributed by atoms with Gasteiger partial charge in [0.05, 0.1) is 15.1 Å². The highest BCUT2D eigenvalue weighted by Gasteiger charge is 2.42. The van der Waals surface area contributed by atoms with Crippen LogP contribution in [0.25, 0.3) is 0 Å². The van der Waals surface area contributed by atoms with Crippen molar-refractivity contribution in [3.8, 4) is 0 Å². The molecule has 0 amide bonds. The Morgan fingerprint density at radius 1 is 1.46 bits per heavy atom. The van der Waals surface area contributed by atoms with E-state index in [1.54, 1.807) is 6.07 Å². The molecule has 13 heavy (non-hydrogen) atoms. The van der Waals surface area contributed by atoms with Crippen LogP contribution in [0.4, 0.5) is 4.39 Å². The van der Waals surface area contributed by atoms with Crippen molar-refractivity contribution in [2.45, 2.75) is 18.4 Å². The molecular weight excluding hydrogens is 258 g/mol. The van der Waals surface area contributed by atoms with E-state index < -0.39 is 11.4 Å². The van der Waals surface area contributed by atoms with Crippen molar-refractivity contribution in [1.29, 1.82) is 0 Å². The van der Waals surface area contributed by atoms with Gasteiger partial charge >= 0.3 is 0 Å². The van der Waals surface area contributed by atoms with Gasteiger partial charge in [0.1, 0.15) is 5.82 Å². The molecule has 1 N–H and O–H groups in total. The maximum atomic E-state index is 13.2. The smallest absolute Gasteiger partial charge is 0.139 e. The van der Waals surface area contributed by atoms with Gasteiger partial charge in [-0.25, -0.2) is 4.39 Å². The van der Waals surface area contributed by atoms with Gasteiger partial charge in [-0.1, -0.05) is 11.6 Å². The van der Waals surface area contributed by atoms with E-state index in [0.29, 0.717) is 23.4 Å². The normalized spacial score (nSPS) is 18.8. The molecule has 0 aliphatic heterocycles. The first-order valence-electron chi connectivity index (χ1n) is 3.90. The van der Waals surface area contributed by atoms with Crippen LogP contribution in [0.5, 0.6) is 0 Å². The number of hydrogen-bond donors (Lipinski definition) is 1. The highest BCUT2D eigenvalue weighted by Crippen LogP contribution is 2.46. The standard InChI is InChI=1S/C9H7BrClFO/c10-8-6(11)3-5(4-7(8)12)9(13)1-2-9/h3-4,13H,1-2H2. The van der Waals surface area contributed by atoms with Crippen molar-refractivity contribution in [3.05, 3.63) is 33.0 Å². The van der Waals surface area contributed by atoms with Crippen molar-refractivity contribution in [2.75, 3.05) is 0 Å². The Balaban J connectivity index is 2.50. The molecule has 1 aliphatic carbocycles. The van der Waals surface area contributed by atoms with Gasteiger partial charge in [0.15, 0.2) is 0 Å². The summed E-state index contributed by atoms with van der Waals surface area (Å²) in [7, 11) is 0. The molecule has 0 radical (unpaired) electrons. The Kier molecular flexibility index (Phi) is 2.13. The lowest BCUT2D eigenvalue weighted by Crippen LogP contribution is -2.04. The molecule has 1 saturated carbocycles. The minimum absolute atomic E-state index is 0.252. The average Bonchev–Trinajstić information content (AvgIpc) is 2.80. The summed E-state index contributed by atoms with van der Waals surface area (Å²) >= 11 is 8.77. The molecule has 1 nitrogen and oxygen atoms in total. The summed E-state index contributed by atoms with van der Waals surface area (Å²) in [5.41, 5.74) is -0.260. The zero-order chi connectivity index (χ0) is 9.64. The SMILES string of the molecule is OC1(c2cc(F)c(Br)c(Cl)c2)CC1. The van der Waals surface area contributed by atoms with Crippen LogP contribution in [0.2, 0.25) is 5.02 Å². The van der Waals surface area contributed by atoms with Gasteiger partial charge in [0, 0.05) is 0 Å². The maximum Gasteiger partial charge on any atom is 0.139 e. The third-order valence-corrected chi connectivity index (χ3v) is 3.58. The van der Waals surface area contributed by atoms with Gasteiger partial charge in [-0.05, 0) is 46.5 Å². The van der Waals surface area contributed by atoms with E-state index >= 15 is 0 Å². The van der Waals surface area contributed by atoms with Crippen LogP contribution in [-0.2, 0) is 5.60 Å². The monoisotopic (exact) mass is 264 g/mol. The molecule has 0 aromatic heterocycles. The third-order valence-electron chi connectivity index (χ3n) is 2.24. The first-order chi connectivity index (χ1) is 6.03. The van der Waals surface area contributed by atoms with Crippen LogP contribution >= 0.6 is 27.5 Å². The van der Waals surface area contributed by atoms with Gasteiger partial charge < -0.3 is 5.11 Å². The average molecular weight is 266 g/mol. The molecule has 0 spiro atoms. The Morgan fingerprint density at radius 2 is 2.08 bits per heavy atom.